The zero-order valence-corrected chi connectivity index (χ0v) is 13.9. The molecule has 1 saturated carbocycles. The summed E-state index contributed by atoms with van der Waals surface area (Å²) in [7, 11) is 0. The zero-order valence-electron chi connectivity index (χ0n) is 9.89. The summed E-state index contributed by atoms with van der Waals surface area (Å²) in [5.41, 5.74) is 0.200. The van der Waals surface area contributed by atoms with Gasteiger partial charge in [0.05, 0.1) is 16.7 Å². The van der Waals surface area contributed by atoms with E-state index in [0.29, 0.717) is 22.4 Å². The van der Waals surface area contributed by atoms with E-state index in [1.807, 2.05) is 0 Å². The monoisotopic (exact) mass is 368 g/mol. The molecule has 0 saturated heterocycles. The predicted molar refractivity (Wildman–Crippen MR) is 84.4 cm³/mol. The van der Waals surface area contributed by atoms with E-state index in [2.05, 4.69) is 28.6 Å². The van der Waals surface area contributed by atoms with Crippen LogP contribution in [0.25, 0.3) is 0 Å². The zero-order chi connectivity index (χ0) is 13.2. The summed E-state index contributed by atoms with van der Waals surface area (Å²) in [6.07, 6.45) is 4.88. The van der Waals surface area contributed by atoms with Crippen molar-refractivity contribution in [3.8, 4) is 5.75 Å². The number of rotatable bonds is 4. The molecule has 1 aliphatic carbocycles. The van der Waals surface area contributed by atoms with Crippen LogP contribution in [0.1, 0.15) is 25.7 Å². The molecular weight excluding hydrogens is 355 g/mol. The van der Waals surface area contributed by atoms with Crippen LogP contribution >= 0.6 is 51.8 Å². The first-order valence-electron chi connectivity index (χ1n) is 5.94. The molecule has 0 N–H and O–H groups in total. The maximum atomic E-state index is 6.14. The van der Waals surface area contributed by atoms with Gasteiger partial charge in [-0.05, 0) is 40.6 Å². The molecule has 1 aromatic rings. The van der Waals surface area contributed by atoms with E-state index in [1.165, 1.54) is 25.7 Å². The Morgan fingerprint density at radius 3 is 2.50 bits per heavy atom. The van der Waals surface area contributed by atoms with Crippen LogP contribution in [-0.4, -0.2) is 12.4 Å². The SMILES string of the molecule is SCC1(COc2cc(Cl)c(Br)cc2Cl)CCCC1. The fourth-order valence-corrected chi connectivity index (χ4v) is 3.57. The number of hydrogen-bond donors (Lipinski definition) is 1. The second kappa shape index (κ2) is 6.25. The number of benzene rings is 1. The molecule has 1 nitrogen and oxygen atoms in total. The van der Waals surface area contributed by atoms with Crippen molar-refractivity contribution < 1.29 is 4.74 Å². The van der Waals surface area contributed by atoms with Gasteiger partial charge in [-0.25, -0.2) is 0 Å². The van der Waals surface area contributed by atoms with Gasteiger partial charge in [-0.15, -0.1) is 0 Å². The van der Waals surface area contributed by atoms with Crippen molar-refractivity contribution in [3.63, 3.8) is 0 Å². The normalized spacial score (nSPS) is 18.0. The Morgan fingerprint density at radius 1 is 1.22 bits per heavy atom. The minimum atomic E-state index is 0.200. The van der Waals surface area contributed by atoms with Gasteiger partial charge in [0.2, 0.25) is 0 Å². The third kappa shape index (κ3) is 3.30. The summed E-state index contributed by atoms with van der Waals surface area (Å²) in [4.78, 5) is 0. The van der Waals surface area contributed by atoms with Crippen LogP contribution in [0.15, 0.2) is 16.6 Å². The molecule has 1 aliphatic rings. The molecular formula is C13H15BrCl2OS. The third-order valence-electron chi connectivity index (χ3n) is 3.51. The Balaban J connectivity index is 2.08. The molecule has 0 radical (unpaired) electrons. The molecule has 5 heteroatoms. The summed E-state index contributed by atoms with van der Waals surface area (Å²) in [6, 6.07) is 3.52. The fourth-order valence-electron chi connectivity index (χ4n) is 2.32. The first-order chi connectivity index (χ1) is 8.56. The molecule has 1 fully saturated rings. The largest absolute Gasteiger partial charge is 0.491 e. The van der Waals surface area contributed by atoms with Crippen LogP contribution in [-0.2, 0) is 0 Å². The Kier molecular flexibility index (Phi) is 5.15. The standard InChI is InChI=1S/C13H15BrCl2OS/c14-9-5-11(16)12(6-10(9)15)17-7-13(8-18)3-1-2-4-13/h5-6,18H,1-4,7-8H2. The van der Waals surface area contributed by atoms with Crippen LogP contribution in [0.3, 0.4) is 0 Å². The fraction of sp³-hybridized carbons (Fsp3) is 0.538. The quantitative estimate of drug-likeness (QED) is 0.534. The highest BCUT2D eigenvalue weighted by Gasteiger charge is 2.33. The Hall–Kier alpha value is 0.430. The number of thiol groups is 1. The van der Waals surface area contributed by atoms with Gasteiger partial charge in [0.15, 0.2) is 0 Å². The van der Waals surface area contributed by atoms with Crippen molar-refractivity contribution in [2.24, 2.45) is 5.41 Å². The van der Waals surface area contributed by atoms with Crippen LogP contribution in [0.5, 0.6) is 5.75 Å². The predicted octanol–water partition coefficient (Wildman–Crippen LogP) is 5.62. The Bertz CT molecular complexity index is 433. The minimum Gasteiger partial charge on any atom is -0.491 e. The summed E-state index contributed by atoms with van der Waals surface area (Å²) in [5, 5.41) is 1.19. The van der Waals surface area contributed by atoms with E-state index in [9.17, 15) is 0 Å². The number of ether oxygens (including phenoxy) is 1. The van der Waals surface area contributed by atoms with Gasteiger partial charge in [0, 0.05) is 16.0 Å². The van der Waals surface area contributed by atoms with Gasteiger partial charge in [0.25, 0.3) is 0 Å². The average molecular weight is 370 g/mol. The first-order valence-corrected chi connectivity index (χ1v) is 8.13. The highest BCUT2D eigenvalue weighted by atomic mass is 79.9. The molecule has 0 bridgehead atoms. The highest BCUT2D eigenvalue weighted by Crippen LogP contribution is 2.41. The van der Waals surface area contributed by atoms with Crippen LogP contribution in [0.4, 0.5) is 0 Å². The number of halogens is 3. The molecule has 0 atom stereocenters. The smallest absolute Gasteiger partial charge is 0.139 e. The van der Waals surface area contributed by atoms with Crippen LogP contribution in [0, 0.1) is 5.41 Å². The van der Waals surface area contributed by atoms with E-state index in [1.54, 1.807) is 12.1 Å². The Labute approximate surface area is 132 Å². The van der Waals surface area contributed by atoms with E-state index in [-0.39, 0.29) is 5.41 Å². The Morgan fingerprint density at radius 2 is 1.89 bits per heavy atom. The van der Waals surface area contributed by atoms with Gasteiger partial charge in [-0.2, -0.15) is 12.6 Å². The second-order valence-corrected chi connectivity index (χ2v) is 6.84. The molecule has 0 spiro atoms. The molecule has 0 unspecified atom stereocenters. The maximum Gasteiger partial charge on any atom is 0.139 e. The molecule has 1 aromatic carbocycles. The molecule has 2 rings (SSSR count). The summed E-state index contributed by atoms with van der Waals surface area (Å²) in [6.45, 7) is 0.661. The van der Waals surface area contributed by atoms with Crippen molar-refractivity contribution >= 4 is 51.8 Å². The van der Waals surface area contributed by atoms with Gasteiger partial charge in [-0.1, -0.05) is 36.0 Å². The summed E-state index contributed by atoms with van der Waals surface area (Å²) >= 11 is 20.0. The van der Waals surface area contributed by atoms with Crippen molar-refractivity contribution in [3.05, 3.63) is 26.7 Å². The summed E-state index contributed by atoms with van der Waals surface area (Å²) in [5.74, 6) is 1.51. The van der Waals surface area contributed by atoms with Gasteiger partial charge in [-0.3, -0.25) is 0 Å². The van der Waals surface area contributed by atoms with Gasteiger partial charge >= 0.3 is 0 Å². The minimum absolute atomic E-state index is 0.200. The average Bonchev–Trinajstić information content (AvgIpc) is 2.82. The van der Waals surface area contributed by atoms with Crippen molar-refractivity contribution in [1.29, 1.82) is 0 Å². The lowest BCUT2D eigenvalue weighted by molar-refractivity contribution is 0.173. The first kappa shape index (κ1) is 14.8. The van der Waals surface area contributed by atoms with Gasteiger partial charge < -0.3 is 4.74 Å². The highest BCUT2D eigenvalue weighted by molar-refractivity contribution is 9.10. The number of hydrogen-bond acceptors (Lipinski definition) is 2. The molecule has 18 heavy (non-hydrogen) atoms. The van der Waals surface area contributed by atoms with Crippen LogP contribution < -0.4 is 4.74 Å². The van der Waals surface area contributed by atoms with E-state index in [0.717, 1.165) is 10.2 Å². The van der Waals surface area contributed by atoms with E-state index >= 15 is 0 Å². The second-order valence-electron chi connectivity index (χ2n) is 4.85. The lowest BCUT2D eigenvalue weighted by Crippen LogP contribution is -2.27. The van der Waals surface area contributed by atoms with E-state index in [4.69, 9.17) is 27.9 Å². The lowest BCUT2D eigenvalue weighted by atomic mass is 9.90. The molecule has 0 heterocycles. The van der Waals surface area contributed by atoms with Crippen molar-refractivity contribution in [2.45, 2.75) is 25.7 Å². The lowest BCUT2D eigenvalue weighted by Gasteiger charge is -2.27. The van der Waals surface area contributed by atoms with Crippen molar-refractivity contribution in [1.82, 2.24) is 0 Å². The molecule has 0 aromatic heterocycles. The molecule has 0 aliphatic heterocycles. The van der Waals surface area contributed by atoms with Crippen LogP contribution in [0.2, 0.25) is 10.0 Å². The van der Waals surface area contributed by atoms with Crippen molar-refractivity contribution in [2.75, 3.05) is 12.4 Å². The molecule has 100 valence electrons. The molecule has 0 amide bonds. The topological polar surface area (TPSA) is 9.23 Å². The summed E-state index contributed by atoms with van der Waals surface area (Å²) < 4.78 is 6.65. The van der Waals surface area contributed by atoms with E-state index < -0.39 is 0 Å². The maximum absolute atomic E-state index is 6.14. The van der Waals surface area contributed by atoms with Gasteiger partial charge in [0.1, 0.15) is 5.75 Å². The third-order valence-corrected chi connectivity index (χ3v) is 5.67.